The molecule has 0 heterocycles. The first-order valence-electron chi connectivity index (χ1n) is 4.99. The summed E-state index contributed by atoms with van der Waals surface area (Å²) < 4.78 is 9.81. The lowest BCUT2D eigenvalue weighted by Crippen LogP contribution is -2.05. The lowest BCUT2D eigenvalue weighted by atomic mass is 10.1. The van der Waals surface area contributed by atoms with E-state index in [1.165, 1.54) is 7.11 Å². The van der Waals surface area contributed by atoms with Crippen LogP contribution in [0.3, 0.4) is 0 Å². The number of benzene rings is 1. The van der Waals surface area contributed by atoms with E-state index in [0.717, 1.165) is 5.56 Å². The van der Waals surface area contributed by atoms with E-state index in [2.05, 4.69) is 4.74 Å². The molecule has 0 saturated carbocycles. The third-order valence-corrected chi connectivity index (χ3v) is 2.08. The van der Waals surface area contributed by atoms with Gasteiger partial charge in [0.25, 0.3) is 0 Å². The predicted octanol–water partition coefficient (Wildman–Crippen LogP) is 1.61. The van der Waals surface area contributed by atoms with Gasteiger partial charge in [0.2, 0.25) is 0 Å². The van der Waals surface area contributed by atoms with Gasteiger partial charge in [-0.3, -0.25) is 9.59 Å². The third-order valence-electron chi connectivity index (χ3n) is 2.08. The van der Waals surface area contributed by atoms with E-state index in [4.69, 9.17) is 4.74 Å². The Labute approximate surface area is 94.2 Å². The summed E-state index contributed by atoms with van der Waals surface area (Å²) in [5, 5.41) is 0. The second-order valence-corrected chi connectivity index (χ2v) is 3.18. The Morgan fingerprint density at radius 2 is 2.19 bits per heavy atom. The zero-order valence-electron chi connectivity index (χ0n) is 9.36. The monoisotopic (exact) mass is 222 g/mol. The number of hydrogen-bond acceptors (Lipinski definition) is 4. The van der Waals surface area contributed by atoms with Gasteiger partial charge in [0.05, 0.1) is 25.7 Å². The van der Waals surface area contributed by atoms with E-state index < -0.39 is 0 Å². The van der Waals surface area contributed by atoms with Crippen molar-refractivity contribution in [3.63, 3.8) is 0 Å². The number of aldehydes is 1. The zero-order valence-corrected chi connectivity index (χ0v) is 9.36. The van der Waals surface area contributed by atoms with Crippen LogP contribution in [0, 0.1) is 0 Å². The zero-order chi connectivity index (χ0) is 12.0. The molecule has 1 aromatic rings. The fraction of sp³-hybridized carbons (Fsp3) is 0.333. The Balaban J connectivity index is 2.90. The van der Waals surface area contributed by atoms with Crippen molar-refractivity contribution in [2.45, 2.75) is 13.3 Å². The molecule has 0 radical (unpaired) electrons. The summed E-state index contributed by atoms with van der Waals surface area (Å²) in [6.45, 7) is 2.34. The molecule has 0 aliphatic rings. The van der Waals surface area contributed by atoms with Crippen molar-refractivity contribution in [1.29, 1.82) is 0 Å². The molecule has 0 saturated heterocycles. The van der Waals surface area contributed by atoms with E-state index in [0.29, 0.717) is 24.2 Å². The minimum atomic E-state index is -0.332. The Kier molecular flexibility index (Phi) is 4.51. The number of carbonyl (C=O) groups excluding carboxylic acids is 2. The maximum Gasteiger partial charge on any atom is 0.309 e. The van der Waals surface area contributed by atoms with Crippen LogP contribution in [-0.4, -0.2) is 26.0 Å². The maximum absolute atomic E-state index is 11.0. The standard InChI is InChI=1S/C12H14O4/c1-3-16-11-5-4-9(6-10(11)8-13)7-12(14)15-2/h4-6,8H,3,7H2,1-2H3. The fourth-order valence-corrected chi connectivity index (χ4v) is 1.33. The molecule has 0 aromatic heterocycles. The summed E-state index contributed by atoms with van der Waals surface area (Å²) in [6, 6.07) is 5.06. The number of methoxy groups -OCH3 is 1. The molecule has 86 valence electrons. The summed E-state index contributed by atoms with van der Waals surface area (Å²) in [5.41, 5.74) is 1.18. The lowest BCUT2D eigenvalue weighted by molar-refractivity contribution is -0.139. The highest BCUT2D eigenvalue weighted by atomic mass is 16.5. The SMILES string of the molecule is CCOc1ccc(CC(=O)OC)cc1C=O. The second kappa shape index (κ2) is 5.90. The van der Waals surface area contributed by atoms with E-state index in [1.807, 2.05) is 6.92 Å². The van der Waals surface area contributed by atoms with Crippen molar-refractivity contribution in [2.24, 2.45) is 0 Å². The largest absolute Gasteiger partial charge is 0.493 e. The molecule has 0 atom stereocenters. The molecule has 4 heteroatoms. The Morgan fingerprint density at radius 1 is 1.44 bits per heavy atom. The average Bonchev–Trinajstić information content (AvgIpc) is 2.31. The molecule has 0 unspecified atom stereocenters. The summed E-state index contributed by atoms with van der Waals surface area (Å²) in [4.78, 5) is 21.9. The first-order valence-corrected chi connectivity index (χ1v) is 4.99. The number of carbonyl (C=O) groups is 2. The summed E-state index contributed by atoms with van der Waals surface area (Å²) in [6.07, 6.45) is 0.871. The summed E-state index contributed by atoms with van der Waals surface area (Å²) >= 11 is 0. The minimum absolute atomic E-state index is 0.156. The normalized spacial score (nSPS) is 9.62. The molecule has 16 heavy (non-hydrogen) atoms. The number of esters is 1. The molecule has 0 aliphatic heterocycles. The van der Waals surface area contributed by atoms with Crippen molar-refractivity contribution in [3.05, 3.63) is 29.3 Å². The number of rotatable bonds is 5. The highest BCUT2D eigenvalue weighted by Gasteiger charge is 2.07. The van der Waals surface area contributed by atoms with E-state index in [9.17, 15) is 9.59 Å². The molecule has 1 aromatic carbocycles. The molecular formula is C12H14O4. The Bertz CT molecular complexity index is 385. The lowest BCUT2D eigenvalue weighted by Gasteiger charge is -2.07. The quantitative estimate of drug-likeness (QED) is 0.561. The van der Waals surface area contributed by atoms with Gasteiger partial charge in [-0.25, -0.2) is 0 Å². The van der Waals surface area contributed by atoms with Crippen molar-refractivity contribution < 1.29 is 19.1 Å². The maximum atomic E-state index is 11.0. The van der Waals surface area contributed by atoms with Crippen molar-refractivity contribution in [3.8, 4) is 5.75 Å². The van der Waals surface area contributed by atoms with E-state index in [1.54, 1.807) is 18.2 Å². The van der Waals surface area contributed by atoms with Gasteiger partial charge < -0.3 is 9.47 Å². The molecule has 4 nitrogen and oxygen atoms in total. The van der Waals surface area contributed by atoms with Gasteiger partial charge in [0.1, 0.15) is 5.75 Å². The van der Waals surface area contributed by atoms with Gasteiger partial charge in [0, 0.05) is 0 Å². The molecule has 0 spiro atoms. The van der Waals surface area contributed by atoms with Gasteiger partial charge in [-0.05, 0) is 24.6 Å². The minimum Gasteiger partial charge on any atom is -0.493 e. The third kappa shape index (κ3) is 3.08. The van der Waals surface area contributed by atoms with Gasteiger partial charge in [-0.15, -0.1) is 0 Å². The van der Waals surface area contributed by atoms with Crippen molar-refractivity contribution in [2.75, 3.05) is 13.7 Å². The van der Waals surface area contributed by atoms with Crippen molar-refractivity contribution in [1.82, 2.24) is 0 Å². The van der Waals surface area contributed by atoms with E-state index in [-0.39, 0.29) is 12.4 Å². The van der Waals surface area contributed by atoms with Gasteiger partial charge >= 0.3 is 5.97 Å². The average molecular weight is 222 g/mol. The first-order chi connectivity index (χ1) is 7.71. The van der Waals surface area contributed by atoms with Gasteiger partial charge in [0.15, 0.2) is 6.29 Å². The van der Waals surface area contributed by atoms with Gasteiger partial charge in [-0.2, -0.15) is 0 Å². The molecular weight excluding hydrogens is 208 g/mol. The van der Waals surface area contributed by atoms with Crippen LogP contribution in [0.15, 0.2) is 18.2 Å². The second-order valence-electron chi connectivity index (χ2n) is 3.18. The number of ether oxygens (including phenoxy) is 2. The molecule has 0 bridgehead atoms. The van der Waals surface area contributed by atoms with Crippen LogP contribution in [-0.2, 0) is 16.0 Å². The number of hydrogen-bond donors (Lipinski definition) is 0. The van der Waals surface area contributed by atoms with Crippen LogP contribution < -0.4 is 4.74 Å². The van der Waals surface area contributed by atoms with Crippen LogP contribution >= 0.6 is 0 Å². The van der Waals surface area contributed by atoms with Gasteiger partial charge in [-0.1, -0.05) is 6.07 Å². The predicted molar refractivity (Wildman–Crippen MR) is 58.7 cm³/mol. The highest BCUT2D eigenvalue weighted by molar-refractivity contribution is 5.81. The van der Waals surface area contributed by atoms with Crippen LogP contribution in [0.4, 0.5) is 0 Å². The molecule has 1 rings (SSSR count). The summed E-state index contributed by atoms with van der Waals surface area (Å²) in [7, 11) is 1.33. The summed E-state index contributed by atoms with van der Waals surface area (Å²) in [5.74, 6) is 0.201. The van der Waals surface area contributed by atoms with Crippen LogP contribution in [0.2, 0.25) is 0 Å². The molecule has 0 aliphatic carbocycles. The van der Waals surface area contributed by atoms with E-state index >= 15 is 0 Å². The molecule has 0 fully saturated rings. The Morgan fingerprint density at radius 3 is 2.75 bits per heavy atom. The van der Waals surface area contributed by atoms with Crippen LogP contribution in [0.1, 0.15) is 22.8 Å². The first kappa shape index (κ1) is 12.2. The molecule has 0 amide bonds. The fourth-order valence-electron chi connectivity index (χ4n) is 1.33. The Hall–Kier alpha value is -1.84. The van der Waals surface area contributed by atoms with Crippen LogP contribution in [0.25, 0.3) is 0 Å². The molecule has 0 N–H and O–H groups in total. The van der Waals surface area contributed by atoms with Crippen LogP contribution in [0.5, 0.6) is 5.75 Å². The smallest absolute Gasteiger partial charge is 0.309 e. The topological polar surface area (TPSA) is 52.6 Å². The highest BCUT2D eigenvalue weighted by Crippen LogP contribution is 2.18. The van der Waals surface area contributed by atoms with Crippen molar-refractivity contribution >= 4 is 12.3 Å².